The van der Waals surface area contributed by atoms with Crippen molar-refractivity contribution < 1.29 is 18.8 Å². The summed E-state index contributed by atoms with van der Waals surface area (Å²) in [4.78, 5) is 32.0. The number of nitrogens with zero attached hydrogens (tertiary/aromatic N) is 3. The highest BCUT2D eigenvalue weighted by molar-refractivity contribution is 5.93. The van der Waals surface area contributed by atoms with Gasteiger partial charge in [-0.15, -0.1) is 0 Å². The van der Waals surface area contributed by atoms with E-state index in [1.165, 1.54) is 0 Å². The Morgan fingerprint density at radius 1 is 1.10 bits per heavy atom. The summed E-state index contributed by atoms with van der Waals surface area (Å²) in [7, 11) is 1.92. The smallest absolute Gasteiger partial charge is 0.414 e. The maximum absolute atomic E-state index is 13.0. The predicted molar refractivity (Wildman–Crippen MR) is 110 cm³/mol. The van der Waals surface area contributed by atoms with Crippen LogP contribution in [0.15, 0.2) is 48.7 Å². The van der Waals surface area contributed by atoms with Crippen molar-refractivity contribution in [1.82, 2.24) is 9.88 Å². The number of likely N-dealkylation sites (N-methyl/N-ethyl adjacent to an activating group) is 1. The maximum Gasteiger partial charge on any atom is 0.516 e. The van der Waals surface area contributed by atoms with Crippen LogP contribution in [0.25, 0.3) is 11.1 Å². The molecule has 0 N–H and O–H groups in total. The summed E-state index contributed by atoms with van der Waals surface area (Å²) in [5.74, 6) is -0.0625. The van der Waals surface area contributed by atoms with Crippen LogP contribution >= 0.6 is 0 Å². The highest BCUT2D eigenvalue weighted by Crippen LogP contribution is 2.37. The van der Waals surface area contributed by atoms with Crippen LogP contribution < -0.4 is 0 Å². The molecule has 4 rings (SSSR count). The number of benzene rings is 1. The van der Waals surface area contributed by atoms with E-state index < -0.39 is 5.60 Å². The van der Waals surface area contributed by atoms with E-state index in [4.69, 9.17) is 4.74 Å². The average Bonchev–Trinajstić information content (AvgIpc) is 3.25. The molecule has 1 aromatic heterocycles. The van der Waals surface area contributed by atoms with Gasteiger partial charge in [0.1, 0.15) is 23.9 Å². The van der Waals surface area contributed by atoms with E-state index in [2.05, 4.69) is 4.98 Å². The van der Waals surface area contributed by atoms with E-state index in [-0.39, 0.29) is 28.6 Å². The molecule has 3 heterocycles. The van der Waals surface area contributed by atoms with Gasteiger partial charge in [-0.1, -0.05) is 36.4 Å². The Morgan fingerprint density at radius 3 is 2.38 bits per heavy atom. The van der Waals surface area contributed by atoms with Gasteiger partial charge in [0.2, 0.25) is 0 Å². The molecular weight excluding hydrogens is 366 g/mol. The highest BCUT2D eigenvalue weighted by Gasteiger charge is 2.59. The Balaban J connectivity index is 1.45. The Labute approximate surface area is 171 Å². The number of hydrogen-bond donors (Lipinski definition) is 0. The SMILES string of the molecule is CC(C)(C)OC(=O)[N+]1(C)CC2CC1CN2C(=O)c1ccc(-c2ccccc2)cn1. The molecule has 2 fully saturated rings. The first-order valence-electron chi connectivity index (χ1n) is 10.1. The fraction of sp³-hybridized carbons (Fsp3) is 0.435. The standard InChI is InChI=1S/C23H28N3O3/c1-23(2,3)29-22(28)26(4)15-18-12-19(26)14-25(18)21(27)20-11-10-17(13-24-20)16-8-6-5-7-9-16/h5-11,13,18-19H,12,14-15H2,1-4H3/q+1. The number of carbonyl (C=O) groups is 2. The maximum atomic E-state index is 13.0. The molecule has 0 radical (unpaired) electrons. The normalized spacial score (nSPS) is 25.9. The van der Waals surface area contributed by atoms with Gasteiger partial charge in [0.15, 0.2) is 0 Å². The zero-order chi connectivity index (χ0) is 20.8. The van der Waals surface area contributed by atoms with Crippen molar-refractivity contribution in [3.05, 3.63) is 54.4 Å². The third-order valence-corrected chi connectivity index (χ3v) is 5.95. The van der Waals surface area contributed by atoms with E-state index in [1.54, 1.807) is 12.3 Å². The lowest BCUT2D eigenvalue weighted by Gasteiger charge is -2.39. The molecule has 1 aromatic carbocycles. The van der Waals surface area contributed by atoms with Gasteiger partial charge in [-0.25, -0.2) is 4.48 Å². The van der Waals surface area contributed by atoms with Gasteiger partial charge in [-0.2, -0.15) is 4.79 Å². The number of hydrogen-bond acceptors (Lipinski definition) is 4. The minimum absolute atomic E-state index is 0.0422. The van der Waals surface area contributed by atoms with Crippen LogP contribution in [0.3, 0.4) is 0 Å². The van der Waals surface area contributed by atoms with Crippen molar-refractivity contribution in [2.45, 2.75) is 44.9 Å². The van der Waals surface area contributed by atoms with E-state index in [0.29, 0.717) is 18.8 Å². The number of piperazine rings is 1. The number of pyridine rings is 1. The largest absolute Gasteiger partial charge is 0.516 e. The Hall–Kier alpha value is -2.73. The van der Waals surface area contributed by atoms with Crippen molar-refractivity contribution >= 4 is 12.0 Å². The number of ether oxygens (including phenoxy) is 1. The molecule has 6 nitrogen and oxygen atoms in total. The van der Waals surface area contributed by atoms with E-state index >= 15 is 0 Å². The fourth-order valence-corrected chi connectivity index (χ4v) is 4.37. The summed E-state index contributed by atoms with van der Waals surface area (Å²) < 4.78 is 5.87. The summed E-state index contributed by atoms with van der Waals surface area (Å²) in [5, 5.41) is 0. The van der Waals surface area contributed by atoms with Crippen LogP contribution in [0.1, 0.15) is 37.7 Å². The fourth-order valence-electron chi connectivity index (χ4n) is 4.37. The molecule has 2 aliphatic rings. The van der Waals surface area contributed by atoms with E-state index in [9.17, 15) is 9.59 Å². The van der Waals surface area contributed by atoms with Crippen molar-refractivity contribution in [2.75, 3.05) is 20.1 Å². The second-order valence-corrected chi connectivity index (χ2v) is 9.23. The van der Waals surface area contributed by atoms with Crippen LogP contribution in [0, 0.1) is 0 Å². The minimum Gasteiger partial charge on any atom is -0.414 e. The molecule has 3 unspecified atom stereocenters. The van der Waals surface area contributed by atoms with E-state index in [1.807, 2.05) is 69.1 Å². The molecule has 0 spiro atoms. The van der Waals surface area contributed by atoms with Crippen LogP contribution in [0.5, 0.6) is 0 Å². The van der Waals surface area contributed by atoms with Gasteiger partial charge in [-0.05, 0) is 32.4 Å². The number of rotatable bonds is 2. The predicted octanol–water partition coefficient (Wildman–Crippen LogP) is 3.73. The molecule has 152 valence electrons. The number of aromatic nitrogens is 1. The summed E-state index contributed by atoms with van der Waals surface area (Å²) in [6.45, 7) is 6.79. The first kappa shape index (κ1) is 19.6. The summed E-state index contributed by atoms with van der Waals surface area (Å²) in [5.41, 5.74) is 1.99. The monoisotopic (exact) mass is 394 g/mol. The van der Waals surface area contributed by atoms with Crippen LogP contribution in [0.4, 0.5) is 4.79 Å². The number of fused-ring (bicyclic) bond motifs is 2. The topological polar surface area (TPSA) is 59.5 Å². The first-order valence-corrected chi connectivity index (χ1v) is 10.1. The van der Waals surface area contributed by atoms with Gasteiger partial charge >= 0.3 is 6.09 Å². The molecule has 29 heavy (non-hydrogen) atoms. The second kappa shape index (κ2) is 6.95. The number of amides is 2. The zero-order valence-corrected chi connectivity index (χ0v) is 17.5. The van der Waals surface area contributed by atoms with Crippen molar-refractivity contribution in [3.63, 3.8) is 0 Å². The lowest BCUT2D eigenvalue weighted by Crippen LogP contribution is -2.62. The van der Waals surface area contributed by atoms with Gasteiger partial charge in [-0.3, -0.25) is 9.78 Å². The first-order chi connectivity index (χ1) is 13.7. The molecular formula is C23H28N3O3+. The molecule has 6 heteroatoms. The summed E-state index contributed by atoms with van der Waals surface area (Å²) in [6, 6.07) is 13.8. The molecule has 2 aromatic rings. The second-order valence-electron chi connectivity index (χ2n) is 9.23. The van der Waals surface area contributed by atoms with Gasteiger partial charge in [0.25, 0.3) is 5.91 Å². The molecule has 2 aliphatic heterocycles. The quantitative estimate of drug-likeness (QED) is 0.729. The minimum atomic E-state index is -0.514. The third-order valence-electron chi connectivity index (χ3n) is 5.95. The van der Waals surface area contributed by atoms with E-state index in [0.717, 1.165) is 17.5 Å². The number of quaternary nitrogens is 1. The number of likely N-dealkylation sites (tertiary alicyclic amines) is 2. The van der Waals surface area contributed by atoms with Gasteiger partial charge in [0.05, 0.1) is 19.6 Å². The Kier molecular flexibility index (Phi) is 4.69. The summed E-state index contributed by atoms with van der Waals surface area (Å²) >= 11 is 0. The number of carbonyl (C=O) groups excluding carboxylic acids is 2. The van der Waals surface area contributed by atoms with Crippen molar-refractivity contribution in [2.24, 2.45) is 0 Å². The van der Waals surface area contributed by atoms with Crippen LogP contribution in [0.2, 0.25) is 0 Å². The lowest BCUT2D eigenvalue weighted by molar-refractivity contribution is -0.855. The highest BCUT2D eigenvalue weighted by atomic mass is 16.6. The van der Waals surface area contributed by atoms with Crippen LogP contribution in [-0.2, 0) is 4.74 Å². The molecule has 2 amide bonds. The molecule has 0 saturated carbocycles. The lowest BCUT2D eigenvalue weighted by atomic mass is 10.1. The van der Waals surface area contributed by atoms with Gasteiger partial charge < -0.3 is 9.64 Å². The van der Waals surface area contributed by atoms with Crippen molar-refractivity contribution in [1.29, 1.82) is 0 Å². The average molecular weight is 394 g/mol. The molecule has 2 bridgehead atoms. The van der Waals surface area contributed by atoms with Crippen molar-refractivity contribution in [3.8, 4) is 11.1 Å². The van der Waals surface area contributed by atoms with Gasteiger partial charge in [0, 0.05) is 18.2 Å². The third kappa shape index (κ3) is 3.65. The zero-order valence-electron chi connectivity index (χ0n) is 17.5. The Morgan fingerprint density at radius 2 is 1.83 bits per heavy atom. The molecule has 3 atom stereocenters. The Bertz CT molecular complexity index is 921. The summed E-state index contributed by atoms with van der Waals surface area (Å²) in [6.07, 6.45) is 2.36. The van der Waals surface area contributed by atoms with Crippen LogP contribution in [-0.4, -0.2) is 64.2 Å². The molecule has 2 saturated heterocycles. The molecule has 0 aliphatic carbocycles.